The van der Waals surface area contributed by atoms with Crippen molar-refractivity contribution >= 4 is 21.8 Å². The molecule has 0 bridgehead atoms. The first-order chi connectivity index (χ1) is 18.5. The van der Waals surface area contributed by atoms with Gasteiger partial charge in [0.1, 0.15) is 5.82 Å². The molecule has 4 nitrogen and oxygen atoms in total. The van der Waals surface area contributed by atoms with E-state index in [9.17, 15) is 10.5 Å². The predicted molar refractivity (Wildman–Crippen MR) is 153 cm³/mol. The van der Waals surface area contributed by atoms with Crippen LogP contribution in [0, 0.1) is 43.4 Å². The number of fused-ring (bicyclic) bond motifs is 3. The lowest BCUT2D eigenvalue weighted by molar-refractivity contribution is 1.03. The molecule has 0 fully saturated rings. The Balaban J connectivity index is 1.65. The fourth-order valence-electron chi connectivity index (χ4n) is 5.27. The van der Waals surface area contributed by atoms with Gasteiger partial charge in [-0.3, -0.25) is 4.57 Å². The molecule has 6 aromatic rings. The molecule has 0 N–H and O–H groups in total. The minimum atomic E-state index is 0.585. The number of benzene rings is 4. The summed E-state index contributed by atoms with van der Waals surface area (Å²) < 4.78 is 2.17. The summed E-state index contributed by atoms with van der Waals surface area (Å²) in [5, 5.41) is 21.0. The summed E-state index contributed by atoms with van der Waals surface area (Å²) >= 11 is 0. The Kier molecular flexibility index (Phi) is 5.52. The summed E-state index contributed by atoms with van der Waals surface area (Å²) in [7, 11) is 0. The Morgan fingerprint density at radius 3 is 1.76 bits per heavy atom. The maximum absolute atomic E-state index is 9.55. The molecular formula is C34H24N4. The molecule has 0 aliphatic rings. The van der Waals surface area contributed by atoms with E-state index in [2.05, 4.69) is 86.0 Å². The van der Waals surface area contributed by atoms with Crippen LogP contribution in [0.3, 0.4) is 0 Å². The van der Waals surface area contributed by atoms with Crippen LogP contribution in [0.5, 0.6) is 0 Å². The monoisotopic (exact) mass is 488 g/mol. The Labute approximate surface area is 221 Å². The molecule has 0 spiro atoms. The number of pyridine rings is 1. The zero-order chi connectivity index (χ0) is 26.4. The first-order valence-electron chi connectivity index (χ1n) is 12.5. The zero-order valence-corrected chi connectivity index (χ0v) is 21.4. The molecule has 2 aromatic heterocycles. The Hall–Kier alpha value is -5.19. The minimum absolute atomic E-state index is 0.585. The van der Waals surface area contributed by atoms with Crippen LogP contribution in [0.2, 0.25) is 0 Å². The third kappa shape index (κ3) is 3.63. The van der Waals surface area contributed by atoms with Crippen LogP contribution in [0.1, 0.15) is 27.8 Å². The van der Waals surface area contributed by atoms with E-state index < -0.39 is 0 Å². The highest BCUT2D eigenvalue weighted by molar-refractivity contribution is 6.10. The van der Waals surface area contributed by atoms with Crippen molar-refractivity contribution in [3.8, 4) is 40.3 Å². The van der Waals surface area contributed by atoms with E-state index in [4.69, 9.17) is 4.98 Å². The largest absolute Gasteiger partial charge is 0.294 e. The third-order valence-corrected chi connectivity index (χ3v) is 7.51. The Bertz CT molecular complexity index is 1890. The number of rotatable bonds is 3. The molecule has 2 heterocycles. The van der Waals surface area contributed by atoms with Crippen LogP contribution >= 0.6 is 0 Å². The molecule has 38 heavy (non-hydrogen) atoms. The molecule has 0 saturated heterocycles. The van der Waals surface area contributed by atoms with Crippen molar-refractivity contribution in [3.63, 3.8) is 0 Å². The van der Waals surface area contributed by atoms with E-state index in [0.29, 0.717) is 11.1 Å². The predicted octanol–water partition coefficient (Wildman–Crippen LogP) is 8.18. The number of aromatic nitrogens is 2. The summed E-state index contributed by atoms with van der Waals surface area (Å²) in [5.41, 5.74) is 10.8. The highest BCUT2D eigenvalue weighted by atomic mass is 15.1. The molecular weight excluding hydrogens is 464 g/mol. The van der Waals surface area contributed by atoms with Crippen molar-refractivity contribution in [3.05, 3.63) is 119 Å². The van der Waals surface area contributed by atoms with Crippen LogP contribution in [0.25, 0.3) is 50.0 Å². The van der Waals surface area contributed by atoms with E-state index in [1.165, 1.54) is 11.1 Å². The van der Waals surface area contributed by atoms with Crippen molar-refractivity contribution in [2.45, 2.75) is 20.8 Å². The maximum Gasteiger partial charge on any atom is 0.141 e. The molecule has 0 unspecified atom stereocenters. The minimum Gasteiger partial charge on any atom is -0.294 e. The fourth-order valence-corrected chi connectivity index (χ4v) is 5.27. The number of hydrogen-bond acceptors (Lipinski definition) is 3. The lowest BCUT2D eigenvalue weighted by Crippen LogP contribution is -2.06. The lowest BCUT2D eigenvalue weighted by atomic mass is 9.96. The smallest absolute Gasteiger partial charge is 0.141 e. The van der Waals surface area contributed by atoms with Gasteiger partial charge in [-0.25, -0.2) is 4.98 Å². The van der Waals surface area contributed by atoms with Crippen molar-refractivity contribution in [1.82, 2.24) is 9.55 Å². The van der Waals surface area contributed by atoms with Gasteiger partial charge in [0.25, 0.3) is 0 Å². The Morgan fingerprint density at radius 2 is 1.16 bits per heavy atom. The second kappa shape index (κ2) is 9.04. The van der Waals surface area contributed by atoms with Gasteiger partial charge in [-0.15, -0.1) is 0 Å². The van der Waals surface area contributed by atoms with Gasteiger partial charge in [-0.05, 0) is 91.1 Å². The van der Waals surface area contributed by atoms with Crippen LogP contribution in [0.4, 0.5) is 0 Å². The molecule has 0 saturated carbocycles. The molecule has 0 aliphatic carbocycles. The van der Waals surface area contributed by atoms with E-state index in [1.54, 1.807) is 0 Å². The van der Waals surface area contributed by atoms with E-state index in [0.717, 1.165) is 55.6 Å². The van der Waals surface area contributed by atoms with Crippen molar-refractivity contribution in [2.75, 3.05) is 0 Å². The van der Waals surface area contributed by atoms with Gasteiger partial charge in [0.15, 0.2) is 0 Å². The summed E-state index contributed by atoms with van der Waals surface area (Å²) in [6, 6.07) is 34.8. The second-order valence-electron chi connectivity index (χ2n) is 9.63. The van der Waals surface area contributed by atoms with Crippen LogP contribution < -0.4 is 0 Å². The summed E-state index contributed by atoms with van der Waals surface area (Å²) in [6.45, 7) is 6.39. The molecule has 4 heteroatoms. The van der Waals surface area contributed by atoms with Gasteiger partial charge in [0, 0.05) is 16.3 Å². The fraction of sp³-hybridized carbons (Fsp3) is 0.0882. The third-order valence-electron chi connectivity index (χ3n) is 7.51. The van der Waals surface area contributed by atoms with Gasteiger partial charge >= 0.3 is 0 Å². The summed E-state index contributed by atoms with van der Waals surface area (Å²) in [4.78, 5) is 5.30. The van der Waals surface area contributed by atoms with Crippen LogP contribution in [0.15, 0.2) is 91.0 Å². The molecule has 0 atom stereocenters. The first kappa shape index (κ1) is 23.2. The normalized spacial score (nSPS) is 11.0. The van der Waals surface area contributed by atoms with Crippen molar-refractivity contribution < 1.29 is 0 Å². The van der Waals surface area contributed by atoms with Gasteiger partial charge < -0.3 is 0 Å². The van der Waals surface area contributed by atoms with Crippen LogP contribution in [-0.4, -0.2) is 9.55 Å². The van der Waals surface area contributed by atoms with Gasteiger partial charge in [-0.2, -0.15) is 10.5 Å². The second-order valence-corrected chi connectivity index (χ2v) is 9.63. The number of hydrogen-bond donors (Lipinski definition) is 0. The van der Waals surface area contributed by atoms with Gasteiger partial charge in [0.05, 0.1) is 40.0 Å². The summed E-state index contributed by atoms with van der Waals surface area (Å²) in [5.74, 6) is 0.850. The topological polar surface area (TPSA) is 65.4 Å². The van der Waals surface area contributed by atoms with Crippen molar-refractivity contribution in [1.29, 1.82) is 10.5 Å². The maximum atomic E-state index is 9.55. The van der Waals surface area contributed by atoms with Crippen LogP contribution in [-0.2, 0) is 0 Å². The summed E-state index contributed by atoms with van der Waals surface area (Å²) in [6.07, 6.45) is 0. The molecule has 4 aromatic carbocycles. The van der Waals surface area contributed by atoms with E-state index >= 15 is 0 Å². The van der Waals surface area contributed by atoms with E-state index in [1.807, 2.05) is 42.5 Å². The van der Waals surface area contributed by atoms with Gasteiger partial charge in [0.2, 0.25) is 0 Å². The molecule has 180 valence electrons. The lowest BCUT2D eigenvalue weighted by Gasteiger charge is -2.18. The van der Waals surface area contributed by atoms with E-state index in [-0.39, 0.29) is 0 Å². The number of nitriles is 2. The van der Waals surface area contributed by atoms with Crippen molar-refractivity contribution in [2.24, 2.45) is 0 Å². The number of nitrogens with zero attached hydrogens (tertiary/aromatic N) is 4. The molecule has 0 amide bonds. The molecule has 0 aliphatic heterocycles. The van der Waals surface area contributed by atoms with Gasteiger partial charge in [-0.1, -0.05) is 48.5 Å². The molecule has 0 radical (unpaired) electrons. The Morgan fingerprint density at radius 1 is 0.579 bits per heavy atom. The highest BCUT2D eigenvalue weighted by Crippen LogP contribution is 2.37. The quantitative estimate of drug-likeness (QED) is 0.252. The first-order valence-corrected chi connectivity index (χ1v) is 12.5. The molecule has 6 rings (SSSR count). The zero-order valence-electron chi connectivity index (χ0n) is 21.4. The SMILES string of the molecule is Cc1c(-c2cccc(-c3ccccc3)c2)nc(-n2c3ccc(C#N)cc3c3cc(C#N)ccc32)c(C)c1C. The average Bonchev–Trinajstić information content (AvgIpc) is 3.29. The standard InChI is InChI=1S/C34H24N4/c1-21-22(2)33(28-11-7-10-27(18-28)26-8-5-4-6-9-26)37-34(23(21)3)38-31-14-12-24(19-35)16-29(31)30-17-25(20-36)13-15-32(30)38/h4-18H,1-3H3. The highest BCUT2D eigenvalue weighted by Gasteiger charge is 2.20. The average molecular weight is 489 g/mol.